The summed E-state index contributed by atoms with van der Waals surface area (Å²) in [6.07, 6.45) is 4.76. The molecule has 0 spiro atoms. The molecule has 0 saturated carbocycles. The topological polar surface area (TPSA) is 54.2 Å². The summed E-state index contributed by atoms with van der Waals surface area (Å²) in [5.74, 6) is 0.816. The predicted octanol–water partition coefficient (Wildman–Crippen LogP) is 3.77. The largest absolute Gasteiger partial charge is 0.356 e. The molecule has 0 atom stereocenters. The zero-order valence-electron chi connectivity index (χ0n) is 16.4. The van der Waals surface area contributed by atoms with Crippen molar-refractivity contribution in [2.24, 2.45) is 4.99 Å². The van der Waals surface area contributed by atoms with Gasteiger partial charge >= 0.3 is 0 Å². The van der Waals surface area contributed by atoms with E-state index in [1.165, 1.54) is 22.3 Å². The molecule has 0 aliphatic heterocycles. The number of halogens is 1. The monoisotopic (exact) mass is 489 g/mol. The standard InChI is InChI=1S/C22H27N5.HI/c1-18-7-5-8-19(15-18)11-13-24-22(23-2)25-16-20-9-3-4-10-21(20)17-27-14-6-12-26-27;/h3-10,12,14-15H,11,13,16-17H2,1-2H3,(H2,23,24,25);1H. The Balaban J connectivity index is 0.00000280. The number of nitrogens with zero attached hydrogens (tertiary/aromatic N) is 3. The Hall–Kier alpha value is -2.35. The molecule has 1 aromatic heterocycles. The second-order valence-corrected chi connectivity index (χ2v) is 6.56. The Labute approximate surface area is 184 Å². The fourth-order valence-electron chi connectivity index (χ4n) is 3.05. The van der Waals surface area contributed by atoms with Gasteiger partial charge in [-0.25, -0.2) is 0 Å². The molecule has 5 nitrogen and oxygen atoms in total. The van der Waals surface area contributed by atoms with E-state index in [0.717, 1.165) is 32.0 Å². The molecule has 3 aromatic rings. The van der Waals surface area contributed by atoms with Gasteiger partial charge in [-0.1, -0.05) is 54.1 Å². The fourth-order valence-corrected chi connectivity index (χ4v) is 3.05. The minimum Gasteiger partial charge on any atom is -0.356 e. The van der Waals surface area contributed by atoms with Gasteiger partial charge in [-0.2, -0.15) is 5.10 Å². The number of guanidine groups is 1. The van der Waals surface area contributed by atoms with E-state index >= 15 is 0 Å². The summed E-state index contributed by atoms with van der Waals surface area (Å²) in [6, 6.07) is 19.0. The molecular formula is C22H28IN5. The molecule has 0 unspecified atom stereocenters. The lowest BCUT2D eigenvalue weighted by Gasteiger charge is -2.14. The zero-order valence-corrected chi connectivity index (χ0v) is 18.8. The summed E-state index contributed by atoms with van der Waals surface area (Å²) in [6.45, 7) is 4.46. The summed E-state index contributed by atoms with van der Waals surface area (Å²) < 4.78 is 1.94. The van der Waals surface area contributed by atoms with Crippen molar-refractivity contribution < 1.29 is 0 Å². The quantitative estimate of drug-likeness (QED) is 0.302. The second kappa shape index (κ2) is 11.5. The van der Waals surface area contributed by atoms with Crippen molar-refractivity contribution in [2.45, 2.75) is 26.4 Å². The third-order valence-corrected chi connectivity index (χ3v) is 4.47. The lowest BCUT2D eigenvalue weighted by atomic mass is 10.1. The van der Waals surface area contributed by atoms with E-state index in [0.29, 0.717) is 0 Å². The van der Waals surface area contributed by atoms with Crippen LogP contribution in [0.25, 0.3) is 0 Å². The summed E-state index contributed by atoms with van der Waals surface area (Å²) in [7, 11) is 1.80. The normalized spacial score (nSPS) is 11.0. The van der Waals surface area contributed by atoms with Crippen LogP contribution in [0.1, 0.15) is 22.3 Å². The molecule has 0 fully saturated rings. The summed E-state index contributed by atoms with van der Waals surface area (Å²) >= 11 is 0. The highest BCUT2D eigenvalue weighted by atomic mass is 127. The Bertz CT molecular complexity index is 874. The van der Waals surface area contributed by atoms with Crippen LogP contribution in [-0.4, -0.2) is 29.3 Å². The minimum atomic E-state index is 0. The molecule has 2 aromatic carbocycles. The third kappa shape index (κ3) is 6.67. The average molecular weight is 489 g/mol. The van der Waals surface area contributed by atoms with Gasteiger partial charge in [-0.15, -0.1) is 24.0 Å². The molecule has 0 aliphatic carbocycles. The Morgan fingerprint density at radius 3 is 2.57 bits per heavy atom. The first-order valence-corrected chi connectivity index (χ1v) is 9.29. The van der Waals surface area contributed by atoms with Gasteiger partial charge in [0, 0.05) is 32.5 Å². The highest BCUT2D eigenvalue weighted by Gasteiger charge is 2.05. The zero-order chi connectivity index (χ0) is 18.9. The van der Waals surface area contributed by atoms with Crippen molar-refractivity contribution in [1.29, 1.82) is 0 Å². The molecule has 0 aliphatic rings. The smallest absolute Gasteiger partial charge is 0.191 e. The molecular weight excluding hydrogens is 461 g/mol. The minimum absolute atomic E-state index is 0. The number of aromatic nitrogens is 2. The summed E-state index contributed by atoms with van der Waals surface area (Å²) in [5, 5.41) is 11.1. The van der Waals surface area contributed by atoms with Crippen molar-refractivity contribution in [1.82, 2.24) is 20.4 Å². The highest BCUT2D eigenvalue weighted by molar-refractivity contribution is 14.0. The molecule has 148 valence electrons. The Morgan fingerprint density at radius 2 is 1.86 bits per heavy atom. The highest BCUT2D eigenvalue weighted by Crippen LogP contribution is 2.10. The van der Waals surface area contributed by atoms with E-state index in [1.54, 1.807) is 13.2 Å². The van der Waals surface area contributed by atoms with E-state index in [1.807, 2.05) is 16.9 Å². The molecule has 3 rings (SSSR count). The van der Waals surface area contributed by atoms with E-state index in [-0.39, 0.29) is 24.0 Å². The van der Waals surface area contributed by atoms with Gasteiger partial charge in [-0.3, -0.25) is 9.67 Å². The van der Waals surface area contributed by atoms with Gasteiger partial charge in [0.05, 0.1) is 6.54 Å². The van der Waals surface area contributed by atoms with Crippen LogP contribution in [0, 0.1) is 6.92 Å². The van der Waals surface area contributed by atoms with E-state index in [4.69, 9.17) is 0 Å². The van der Waals surface area contributed by atoms with Crippen LogP contribution in [0.5, 0.6) is 0 Å². The molecule has 0 saturated heterocycles. The number of aliphatic imine (C=N–C) groups is 1. The van der Waals surface area contributed by atoms with Gasteiger partial charge in [0.25, 0.3) is 0 Å². The summed E-state index contributed by atoms with van der Waals surface area (Å²) in [5.41, 5.74) is 5.13. The number of nitrogens with one attached hydrogen (secondary N) is 2. The summed E-state index contributed by atoms with van der Waals surface area (Å²) in [4.78, 5) is 4.33. The SMILES string of the molecule is CN=C(NCCc1cccc(C)c1)NCc1ccccc1Cn1cccn1.I. The van der Waals surface area contributed by atoms with Crippen molar-refractivity contribution in [2.75, 3.05) is 13.6 Å². The number of aryl methyl sites for hydroxylation is 1. The Morgan fingerprint density at radius 1 is 1.04 bits per heavy atom. The maximum absolute atomic E-state index is 4.33. The maximum atomic E-state index is 4.33. The number of hydrogen-bond donors (Lipinski definition) is 2. The number of hydrogen-bond acceptors (Lipinski definition) is 2. The van der Waals surface area contributed by atoms with Gasteiger partial charge in [0.15, 0.2) is 5.96 Å². The molecule has 0 radical (unpaired) electrons. The maximum Gasteiger partial charge on any atom is 0.191 e. The van der Waals surface area contributed by atoms with Gasteiger partial charge in [-0.05, 0) is 36.1 Å². The van der Waals surface area contributed by atoms with Crippen molar-refractivity contribution in [3.05, 3.63) is 89.2 Å². The number of benzene rings is 2. The van der Waals surface area contributed by atoms with Crippen LogP contribution in [0.3, 0.4) is 0 Å². The van der Waals surface area contributed by atoms with Crippen LogP contribution in [0.15, 0.2) is 72.0 Å². The lowest BCUT2D eigenvalue weighted by Crippen LogP contribution is -2.38. The number of rotatable bonds is 7. The van der Waals surface area contributed by atoms with Crippen molar-refractivity contribution in [3.8, 4) is 0 Å². The second-order valence-electron chi connectivity index (χ2n) is 6.56. The van der Waals surface area contributed by atoms with Crippen LogP contribution >= 0.6 is 24.0 Å². The van der Waals surface area contributed by atoms with Gasteiger partial charge in [0.2, 0.25) is 0 Å². The van der Waals surface area contributed by atoms with Crippen LogP contribution in [0.4, 0.5) is 0 Å². The van der Waals surface area contributed by atoms with E-state index in [2.05, 4.69) is 76.2 Å². The van der Waals surface area contributed by atoms with Gasteiger partial charge in [0.1, 0.15) is 0 Å². The third-order valence-electron chi connectivity index (χ3n) is 4.47. The van der Waals surface area contributed by atoms with E-state index < -0.39 is 0 Å². The molecule has 28 heavy (non-hydrogen) atoms. The predicted molar refractivity (Wildman–Crippen MR) is 126 cm³/mol. The van der Waals surface area contributed by atoms with Crippen LogP contribution in [0.2, 0.25) is 0 Å². The van der Waals surface area contributed by atoms with Crippen molar-refractivity contribution in [3.63, 3.8) is 0 Å². The first kappa shape index (κ1) is 21.9. The molecule has 6 heteroatoms. The van der Waals surface area contributed by atoms with Gasteiger partial charge < -0.3 is 10.6 Å². The Kier molecular flexibility index (Phi) is 9.00. The fraction of sp³-hybridized carbons (Fsp3) is 0.273. The van der Waals surface area contributed by atoms with Crippen LogP contribution < -0.4 is 10.6 Å². The lowest BCUT2D eigenvalue weighted by molar-refractivity contribution is 0.677. The average Bonchev–Trinajstić information content (AvgIpc) is 3.19. The molecule has 1 heterocycles. The molecule has 2 N–H and O–H groups in total. The molecule has 0 bridgehead atoms. The van der Waals surface area contributed by atoms with Crippen LogP contribution in [-0.2, 0) is 19.5 Å². The first-order valence-electron chi connectivity index (χ1n) is 9.29. The molecule has 0 amide bonds. The van der Waals surface area contributed by atoms with E-state index in [9.17, 15) is 0 Å². The first-order chi connectivity index (χ1) is 13.2. The van der Waals surface area contributed by atoms with Crippen molar-refractivity contribution >= 4 is 29.9 Å².